The number of carbonyl (C=O) groups is 2. The molecule has 5 atom stereocenters. The molecule has 1 aromatic rings. The molecule has 0 saturated carbocycles. The average Bonchev–Trinajstić information content (AvgIpc) is 3.04. The number of hydrogen-bond donors (Lipinski definition) is 8. The van der Waals surface area contributed by atoms with Crippen LogP contribution < -0.4 is 22.5 Å². The number of hydrogen-bond acceptors (Lipinski definition) is 12. The molecule has 1 aromatic heterocycles. The molecule has 0 radical (unpaired) electrons. The highest BCUT2D eigenvalue weighted by Gasteiger charge is 2.45. The molecule has 1 saturated heterocycles. The van der Waals surface area contributed by atoms with Crippen molar-refractivity contribution in [2.24, 2.45) is 5.73 Å². The van der Waals surface area contributed by atoms with Crippen molar-refractivity contribution < 1.29 is 48.5 Å². The topological polar surface area (TPSA) is 270 Å². The Labute approximate surface area is 201 Å². The van der Waals surface area contributed by atoms with Crippen LogP contribution >= 0.6 is 19.6 Å². The SMILES string of the molecule is Nc1nc(=O)n([C@@H]2O[C@H](COP(=O)(O)O)[C@@H](O)[C@H]2O)cc1C#CCNC(=O)CSC[C@@H](N)C(=O)O. The van der Waals surface area contributed by atoms with Crippen molar-refractivity contribution in [1.82, 2.24) is 14.9 Å². The van der Waals surface area contributed by atoms with E-state index in [9.17, 15) is 29.2 Å². The molecule has 0 spiro atoms. The number of carbonyl (C=O) groups excluding carboxylic acids is 1. The van der Waals surface area contributed by atoms with Crippen LogP contribution in [-0.4, -0.2) is 95.5 Å². The van der Waals surface area contributed by atoms with Crippen LogP contribution in [-0.2, 0) is 23.4 Å². The summed E-state index contributed by atoms with van der Waals surface area (Å²) in [4.78, 5) is 55.8. The summed E-state index contributed by atoms with van der Waals surface area (Å²) in [5, 5.41) is 31.5. The van der Waals surface area contributed by atoms with E-state index in [4.69, 9.17) is 31.1 Å². The molecular weight excluding hydrogens is 513 g/mol. The summed E-state index contributed by atoms with van der Waals surface area (Å²) in [6.45, 7) is -0.880. The van der Waals surface area contributed by atoms with Gasteiger partial charge in [-0.15, -0.1) is 11.8 Å². The molecule has 0 bridgehead atoms. The first-order valence-electron chi connectivity index (χ1n) is 9.72. The summed E-state index contributed by atoms with van der Waals surface area (Å²) < 4.78 is 21.3. The fourth-order valence-electron chi connectivity index (χ4n) is 2.71. The van der Waals surface area contributed by atoms with Gasteiger partial charge in [0.05, 0.1) is 24.5 Å². The van der Waals surface area contributed by atoms with Gasteiger partial charge in [0, 0.05) is 11.9 Å². The highest BCUT2D eigenvalue weighted by molar-refractivity contribution is 8.00. The zero-order valence-corrected chi connectivity index (χ0v) is 19.6. The van der Waals surface area contributed by atoms with Crippen LogP contribution in [0.25, 0.3) is 0 Å². The van der Waals surface area contributed by atoms with Gasteiger partial charge in [-0.3, -0.25) is 18.7 Å². The molecule has 194 valence electrons. The first-order valence-corrected chi connectivity index (χ1v) is 12.4. The maximum Gasteiger partial charge on any atom is 0.469 e. The van der Waals surface area contributed by atoms with E-state index < -0.39 is 62.6 Å². The summed E-state index contributed by atoms with van der Waals surface area (Å²) in [6.07, 6.45) is -5.04. The Morgan fingerprint density at radius 3 is 2.69 bits per heavy atom. The van der Waals surface area contributed by atoms with Crippen molar-refractivity contribution in [3.63, 3.8) is 0 Å². The Balaban J connectivity index is 2.02. The molecule has 1 fully saturated rings. The summed E-state index contributed by atoms with van der Waals surface area (Å²) in [6, 6.07) is -1.09. The number of anilines is 1. The number of rotatable bonds is 10. The third-order valence-electron chi connectivity index (χ3n) is 4.44. The number of aliphatic hydroxyl groups excluding tert-OH is 2. The average molecular weight is 537 g/mol. The van der Waals surface area contributed by atoms with Crippen LogP contribution in [0.15, 0.2) is 11.0 Å². The molecule has 35 heavy (non-hydrogen) atoms. The van der Waals surface area contributed by atoms with Crippen LogP contribution in [0.5, 0.6) is 0 Å². The quantitative estimate of drug-likeness (QED) is 0.105. The van der Waals surface area contributed by atoms with Crippen molar-refractivity contribution >= 4 is 37.3 Å². The number of nitrogen functional groups attached to an aromatic ring is 1. The van der Waals surface area contributed by atoms with E-state index >= 15 is 0 Å². The smallest absolute Gasteiger partial charge is 0.469 e. The van der Waals surface area contributed by atoms with Gasteiger partial charge >= 0.3 is 19.5 Å². The Bertz CT molecular complexity index is 1100. The van der Waals surface area contributed by atoms with E-state index in [1.54, 1.807) is 0 Å². The monoisotopic (exact) mass is 537 g/mol. The minimum atomic E-state index is -4.87. The predicted octanol–water partition coefficient (Wildman–Crippen LogP) is -3.83. The lowest BCUT2D eigenvalue weighted by molar-refractivity contribution is -0.138. The lowest BCUT2D eigenvalue weighted by Crippen LogP contribution is -2.36. The molecule has 18 heteroatoms. The Morgan fingerprint density at radius 2 is 2.06 bits per heavy atom. The third kappa shape index (κ3) is 8.58. The Morgan fingerprint density at radius 1 is 1.37 bits per heavy atom. The summed E-state index contributed by atoms with van der Waals surface area (Å²) in [7, 11) is -4.87. The molecular formula is C17H24N5O11PS. The number of nitrogens with zero attached hydrogens (tertiary/aromatic N) is 2. The number of aliphatic carboxylic acids is 1. The van der Waals surface area contributed by atoms with Gasteiger partial charge < -0.3 is 46.6 Å². The zero-order chi connectivity index (χ0) is 26.3. The third-order valence-corrected chi connectivity index (χ3v) is 5.99. The standard InChI is InChI=1S/C17H24N5O11PS/c18-9(16(26)27)6-35-7-11(23)20-3-1-2-8-4-22(17(28)21-14(8)19)15-13(25)12(24)10(33-15)5-32-34(29,30)31/h4,9-10,12-13,15,24-25H,3,5-7,18H2,(H,20,23)(H,26,27)(H2,19,21,28)(H2,29,30,31)/t9-,10-,12-,13-,15-/m1/s1. The van der Waals surface area contributed by atoms with Gasteiger partial charge in [0.25, 0.3) is 0 Å². The van der Waals surface area contributed by atoms with Crippen molar-refractivity contribution in [3.8, 4) is 11.8 Å². The molecule has 10 N–H and O–H groups in total. The fraction of sp³-hybridized carbons (Fsp3) is 0.529. The molecule has 1 aliphatic rings. The van der Waals surface area contributed by atoms with Gasteiger partial charge in [-0.2, -0.15) is 4.98 Å². The molecule has 1 amide bonds. The molecule has 1 aliphatic heterocycles. The second-order valence-corrected chi connectivity index (χ2v) is 9.37. The molecule has 16 nitrogen and oxygen atoms in total. The van der Waals surface area contributed by atoms with Crippen LogP contribution in [0.3, 0.4) is 0 Å². The number of amides is 1. The second kappa shape index (κ2) is 12.4. The highest BCUT2D eigenvalue weighted by Crippen LogP contribution is 2.38. The number of ether oxygens (including phenoxy) is 1. The van der Waals surface area contributed by atoms with Crippen LogP contribution in [0.1, 0.15) is 11.8 Å². The van der Waals surface area contributed by atoms with Crippen molar-refractivity contribution in [3.05, 3.63) is 22.2 Å². The van der Waals surface area contributed by atoms with Gasteiger partial charge in [0.15, 0.2) is 6.23 Å². The lowest BCUT2D eigenvalue weighted by Gasteiger charge is -2.17. The molecule has 0 aromatic carbocycles. The number of nitrogens with one attached hydrogen (secondary N) is 1. The number of phosphoric acid groups is 1. The minimum Gasteiger partial charge on any atom is -0.480 e. The maximum absolute atomic E-state index is 12.3. The first kappa shape index (κ1) is 28.7. The van der Waals surface area contributed by atoms with E-state index in [-0.39, 0.29) is 29.4 Å². The van der Waals surface area contributed by atoms with Crippen LogP contribution in [0, 0.1) is 11.8 Å². The Hall–Kier alpha value is -2.52. The normalized spacial score (nSPS) is 22.8. The van der Waals surface area contributed by atoms with Gasteiger partial charge in [0.1, 0.15) is 30.2 Å². The van der Waals surface area contributed by atoms with E-state index in [0.717, 1.165) is 22.5 Å². The summed E-state index contributed by atoms with van der Waals surface area (Å²) in [5.41, 5.74) is 10.1. The van der Waals surface area contributed by atoms with Gasteiger partial charge in [0.2, 0.25) is 5.91 Å². The van der Waals surface area contributed by atoms with Gasteiger partial charge in [-0.05, 0) is 0 Å². The molecule has 2 heterocycles. The number of nitrogens with two attached hydrogens (primary N) is 2. The number of thioether (sulfide) groups is 1. The summed E-state index contributed by atoms with van der Waals surface area (Å²) in [5.74, 6) is 3.34. The molecule has 0 aliphatic carbocycles. The second-order valence-electron chi connectivity index (χ2n) is 7.10. The molecule has 2 rings (SSSR count). The van der Waals surface area contributed by atoms with Crippen molar-refractivity contribution in [2.45, 2.75) is 30.6 Å². The minimum absolute atomic E-state index is 0.0286. The van der Waals surface area contributed by atoms with E-state index in [1.165, 1.54) is 0 Å². The van der Waals surface area contributed by atoms with Gasteiger partial charge in [-0.25, -0.2) is 9.36 Å². The largest absolute Gasteiger partial charge is 0.480 e. The van der Waals surface area contributed by atoms with E-state index in [2.05, 4.69) is 26.7 Å². The summed E-state index contributed by atoms with van der Waals surface area (Å²) >= 11 is 1.03. The predicted molar refractivity (Wildman–Crippen MR) is 120 cm³/mol. The fourth-order valence-corrected chi connectivity index (χ4v) is 3.85. The number of aromatic nitrogens is 2. The van der Waals surface area contributed by atoms with Gasteiger partial charge in [-0.1, -0.05) is 11.8 Å². The van der Waals surface area contributed by atoms with Crippen molar-refractivity contribution in [2.75, 3.05) is 30.4 Å². The van der Waals surface area contributed by atoms with E-state index in [0.29, 0.717) is 0 Å². The van der Waals surface area contributed by atoms with E-state index in [1.807, 2.05) is 0 Å². The first-order chi connectivity index (χ1) is 16.3. The van der Waals surface area contributed by atoms with Crippen molar-refractivity contribution in [1.29, 1.82) is 0 Å². The number of carboxylic acid groups (broad SMARTS) is 1. The number of aliphatic hydroxyl groups is 2. The number of phosphoric ester groups is 1. The van der Waals surface area contributed by atoms with Crippen LogP contribution in [0.4, 0.5) is 5.82 Å². The lowest BCUT2D eigenvalue weighted by atomic mass is 10.1. The van der Waals surface area contributed by atoms with Crippen LogP contribution in [0.2, 0.25) is 0 Å². The number of carboxylic acids is 1. The maximum atomic E-state index is 12.3. The zero-order valence-electron chi connectivity index (χ0n) is 17.9. The molecule has 0 unspecified atom stereocenters. The highest BCUT2D eigenvalue weighted by atomic mass is 32.2. The Kier molecular flexibility index (Phi) is 10.2.